The number of nitrogen functional groups attached to an aromatic ring is 1. The van der Waals surface area contributed by atoms with E-state index in [2.05, 4.69) is 17.3 Å². The minimum atomic E-state index is -0.406. The summed E-state index contributed by atoms with van der Waals surface area (Å²) >= 11 is 0. The van der Waals surface area contributed by atoms with E-state index in [1.165, 1.54) is 20.0 Å². The molecule has 1 saturated carbocycles. The maximum atomic E-state index is 11.5. The lowest BCUT2D eigenvalue weighted by Gasteiger charge is -2.17. The van der Waals surface area contributed by atoms with Crippen LogP contribution in [0.1, 0.15) is 23.2 Å². The number of nitrogens with zero attached hydrogens (tertiary/aromatic N) is 1. The summed E-state index contributed by atoms with van der Waals surface area (Å²) in [5.41, 5.74) is 7.61. The molecule has 19 heavy (non-hydrogen) atoms. The van der Waals surface area contributed by atoms with Gasteiger partial charge in [0.05, 0.1) is 24.0 Å². The molecule has 0 amide bonds. The first-order valence-electron chi connectivity index (χ1n) is 6.54. The van der Waals surface area contributed by atoms with Crippen LogP contribution in [0, 0.1) is 0 Å². The number of likely N-dealkylation sites (N-methyl/N-ethyl adjacent to an activating group) is 1. The van der Waals surface area contributed by atoms with E-state index in [0.29, 0.717) is 11.3 Å². The van der Waals surface area contributed by atoms with Gasteiger partial charge in [-0.1, -0.05) is 6.07 Å². The van der Waals surface area contributed by atoms with Gasteiger partial charge in [-0.2, -0.15) is 0 Å². The number of hydrogen-bond donors (Lipinski definition) is 2. The highest BCUT2D eigenvalue weighted by atomic mass is 16.5. The van der Waals surface area contributed by atoms with Gasteiger partial charge in [0.25, 0.3) is 0 Å². The van der Waals surface area contributed by atoms with E-state index >= 15 is 0 Å². The van der Waals surface area contributed by atoms with Crippen molar-refractivity contribution < 1.29 is 9.53 Å². The summed E-state index contributed by atoms with van der Waals surface area (Å²) in [5, 5.41) is 3.27. The standard InChI is InChI=1S/C14H21N3O2/c1-17(10-6-7-10)9-8-16-12-5-3-4-11(13(12)15)14(18)19-2/h3-5,10,16H,6-9,15H2,1-2H3. The molecule has 3 N–H and O–H groups in total. The molecule has 0 spiro atoms. The fourth-order valence-corrected chi connectivity index (χ4v) is 2.07. The number of anilines is 2. The molecule has 0 heterocycles. The van der Waals surface area contributed by atoms with Gasteiger partial charge in [-0.25, -0.2) is 4.79 Å². The lowest BCUT2D eigenvalue weighted by Crippen LogP contribution is -2.27. The average Bonchev–Trinajstić information content (AvgIpc) is 3.24. The lowest BCUT2D eigenvalue weighted by atomic mass is 10.1. The third kappa shape index (κ3) is 3.38. The Bertz CT molecular complexity index is 458. The van der Waals surface area contributed by atoms with Gasteiger partial charge in [0.1, 0.15) is 0 Å². The second-order valence-electron chi connectivity index (χ2n) is 4.90. The Balaban J connectivity index is 1.94. The molecule has 1 aromatic carbocycles. The number of nitrogens with two attached hydrogens (primary N) is 1. The Kier molecular flexibility index (Phi) is 4.27. The van der Waals surface area contributed by atoms with Crippen LogP contribution in [-0.2, 0) is 4.74 Å². The minimum Gasteiger partial charge on any atom is -0.465 e. The van der Waals surface area contributed by atoms with Crippen LogP contribution in [-0.4, -0.2) is 44.2 Å². The fourth-order valence-electron chi connectivity index (χ4n) is 2.07. The Morgan fingerprint density at radius 1 is 1.53 bits per heavy atom. The number of carbonyl (C=O) groups excluding carboxylic acids is 1. The number of benzene rings is 1. The van der Waals surface area contributed by atoms with Gasteiger partial charge < -0.3 is 20.7 Å². The largest absolute Gasteiger partial charge is 0.465 e. The molecular formula is C14H21N3O2. The number of methoxy groups -OCH3 is 1. The highest BCUT2D eigenvalue weighted by Crippen LogP contribution is 2.25. The molecule has 5 heteroatoms. The quantitative estimate of drug-likeness (QED) is 0.602. The average molecular weight is 263 g/mol. The molecule has 0 atom stereocenters. The van der Waals surface area contributed by atoms with Gasteiger partial charge in [-0.3, -0.25) is 0 Å². The molecule has 1 fully saturated rings. The molecule has 0 radical (unpaired) electrons. The molecular weight excluding hydrogens is 242 g/mol. The molecule has 1 aromatic rings. The van der Waals surface area contributed by atoms with E-state index in [1.807, 2.05) is 6.07 Å². The number of hydrogen-bond acceptors (Lipinski definition) is 5. The van der Waals surface area contributed by atoms with Gasteiger partial charge in [0, 0.05) is 19.1 Å². The number of esters is 1. The highest BCUT2D eigenvalue weighted by Gasteiger charge is 2.25. The molecule has 0 saturated heterocycles. The Labute approximate surface area is 113 Å². The maximum absolute atomic E-state index is 11.5. The molecule has 104 valence electrons. The third-order valence-electron chi connectivity index (χ3n) is 3.46. The van der Waals surface area contributed by atoms with Crippen molar-refractivity contribution in [2.75, 3.05) is 38.3 Å². The summed E-state index contributed by atoms with van der Waals surface area (Å²) in [6.45, 7) is 1.77. The zero-order chi connectivity index (χ0) is 13.8. The second kappa shape index (κ2) is 5.93. The molecule has 2 rings (SSSR count). The normalized spacial score (nSPS) is 14.5. The zero-order valence-electron chi connectivity index (χ0n) is 11.5. The fraction of sp³-hybridized carbons (Fsp3) is 0.500. The molecule has 0 bridgehead atoms. The SMILES string of the molecule is COC(=O)c1cccc(NCCN(C)C2CC2)c1N. The Hall–Kier alpha value is -1.75. The van der Waals surface area contributed by atoms with Crippen molar-refractivity contribution in [2.45, 2.75) is 18.9 Å². The topological polar surface area (TPSA) is 67.6 Å². The molecule has 1 aliphatic rings. The van der Waals surface area contributed by atoms with Crippen LogP contribution in [0.25, 0.3) is 0 Å². The van der Waals surface area contributed by atoms with Crippen molar-refractivity contribution in [3.05, 3.63) is 23.8 Å². The van der Waals surface area contributed by atoms with Gasteiger partial charge in [0.2, 0.25) is 0 Å². The van der Waals surface area contributed by atoms with Crippen molar-refractivity contribution in [2.24, 2.45) is 0 Å². The highest BCUT2D eigenvalue weighted by molar-refractivity contribution is 5.98. The lowest BCUT2D eigenvalue weighted by molar-refractivity contribution is 0.0602. The van der Waals surface area contributed by atoms with Crippen LogP contribution in [0.3, 0.4) is 0 Å². The first-order chi connectivity index (χ1) is 9.13. The van der Waals surface area contributed by atoms with E-state index in [1.54, 1.807) is 12.1 Å². The van der Waals surface area contributed by atoms with Gasteiger partial charge in [0.15, 0.2) is 0 Å². The summed E-state index contributed by atoms with van der Waals surface area (Å²) in [7, 11) is 3.49. The van der Waals surface area contributed by atoms with Gasteiger partial charge in [-0.15, -0.1) is 0 Å². The van der Waals surface area contributed by atoms with Gasteiger partial charge >= 0.3 is 5.97 Å². The first-order valence-corrected chi connectivity index (χ1v) is 6.54. The molecule has 0 aliphatic heterocycles. The zero-order valence-corrected chi connectivity index (χ0v) is 11.5. The Morgan fingerprint density at radius 3 is 2.89 bits per heavy atom. The Morgan fingerprint density at radius 2 is 2.26 bits per heavy atom. The number of carbonyl (C=O) groups is 1. The van der Waals surface area contributed by atoms with E-state index in [0.717, 1.165) is 24.8 Å². The summed E-state index contributed by atoms with van der Waals surface area (Å²) in [6.07, 6.45) is 2.60. The molecule has 0 aromatic heterocycles. The second-order valence-corrected chi connectivity index (χ2v) is 4.90. The number of rotatable bonds is 6. The van der Waals surface area contributed by atoms with Crippen LogP contribution >= 0.6 is 0 Å². The van der Waals surface area contributed by atoms with Crippen molar-refractivity contribution in [3.8, 4) is 0 Å². The van der Waals surface area contributed by atoms with E-state index in [9.17, 15) is 4.79 Å². The molecule has 0 unspecified atom stereocenters. The van der Waals surface area contributed by atoms with Crippen molar-refractivity contribution in [1.82, 2.24) is 4.90 Å². The minimum absolute atomic E-state index is 0.406. The van der Waals surface area contributed by atoms with Crippen LogP contribution in [0.4, 0.5) is 11.4 Å². The van der Waals surface area contributed by atoms with Gasteiger partial charge in [-0.05, 0) is 32.0 Å². The monoisotopic (exact) mass is 263 g/mol. The third-order valence-corrected chi connectivity index (χ3v) is 3.46. The predicted octanol–water partition coefficient (Wildman–Crippen LogP) is 1.56. The van der Waals surface area contributed by atoms with E-state index in [-0.39, 0.29) is 0 Å². The predicted molar refractivity (Wildman–Crippen MR) is 76.3 cm³/mol. The number of para-hydroxylation sites is 1. The summed E-state index contributed by atoms with van der Waals surface area (Å²) < 4.78 is 4.70. The van der Waals surface area contributed by atoms with Crippen molar-refractivity contribution in [1.29, 1.82) is 0 Å². The van der Waals surface area contributed by atoms with Crippen molar-refractivity contribution in [3.63, 3.8) is 0 Å². The van der Waals surface area contributed by atoms with Crippen molar-refractivity contribution >= 4 is 17.3 Å². The smallest absolute Gasteiger partial charge is 0.340 e. The molecule has 1 aliphatic carbocycles. The van der Waals surface area contributed by atoms with E-state index < -0.39 is 5.97 Å². The summed E-state index contributed by atoms with van der Waals surface area (Å²) in [4.78, 5) is 13.9. The summed E-state index contributed by atoms with van der Waals surface area (Å²) in [5.74, 6) is -0.406. The first kappa shape index (κ1) is 13.7. The van der Waals surface area contributed by atoms with Crippen LogP contribution in [0.15, 0.2) is 18.2 Å². The maximum Gasteiger partial charge on any atom is 0.340 e. The summed E-state index contributed by atoms with van der Waals surface area (Å²) in [6, 6.07) is 6.09. The number of ether oxygens (including phenoxy) is 1. The van der Waals surface area contributed by atoms with Crippen LogP contribution in [0.2, 0.25) is 0 Å². The van der Waals surface area contributed by atoms with Crippen LogP contribution in [0.5, 0.6) is 0 Å². The van der Waals surface area contributed by atoms with Crippen LogP contribution < -0.4 is 11.1 Å². The van der Waals surface area contributed by atoms with E-state index in [4.69, 9.17) is 10.5 Å². The number of nitrogens with one attached hydrogen (secondary N) is 1. The molecule has 5 nitrogen and oxygen atoms in total.